The highest BCUT2D eigenvalue weighted by atomic mass is 16.3. The van der Waals surface area contributed by atoms with E-state index in [4.69, 9.17) is 5.73 Å². The number of likely N-dealkylation sites (tertiary alicyclic amines) is 1. The standard InChI is InChI=1S/C10H20N2O2/c1-4-10(14)5-12(6-10)9(13)7(2)8(3)11/h7-8,14H,4-6,11H2,1-3H3. The molecule has 1 aliphatic rings. The molecule has 0 saturated carbocycles. The number of β-amino-alcohol motifs (C(OH)–C–C–N with tert-alkyl or cyclic N) is 1. The molecule has 2 unspecified atom stereocenters. The SMILES string of the molecule is CCC1(O)CN(C(=O)C(C)C(C)N)C1. The van der Waals surface area contributed by atoms with Gasteiger partial charge in [0.2, 0.25) is 5.91 Å². The first kappa shape index (κ1) is 11.5. The molecule has 1 saturated heterocycles. The lowest BCUT2D eigenvalue weighted by Gasteiger charge is -2.47. The van der Waals surface area contributed by atoms with Crippen molar-refractivity contribution in [3.05, 3.63) is 0 Å². The van der Waals surface area contributed by atoms with E-state index in [9.17, 15) is 9.90 Å². The highest BCUT2D eigenvalue weighted by Gasteiger charge is 2.43. The molecule has 0 radical (unpaired) electrons. The highest BCUT2D eigenvalue weighted by Crippen LogP contribution is 2.25. The Hall–Kier alpha value is -0.610. The highest BCUT2D eigenvalue weighted by molar-refractivity contribution is 5.80. The lowest BCUT2D eigenvalue weighted by Crippen LogP contribution is -2.64. The van der Waals surface area contributed by atoms with Gasteiger partial charge in [-0.3, -0.25) is 4.79 Å². The van der Waals surface area contributed by atoms with Gasteiger partial charge >= 0.3 is 0 Å². The summed E-state index contributed by atoms with van der Waals surface area (Å²) in [5.41, 5.74) is 5.00. The molecule has 4 nitrogen and oxygen atoms in total. The molecule has 1 rings (SSSR count). The first-order chi connectivity index (χ1) is 6.39. The van der Waals surface area contributed by atoms with Crippen LogP contribution in [-0.4, -0.2) is 40.6 Å². The maximum Gasteiger partial charge on any atom is 0.227 e. The number of aliphatic hydroxyl groups is 1. The Labute approximate surface area is 85.1 Å². The van der Waals surface area contributed by atoms with Gasteiger partial charge in [-0.2, -0.15) is 0 Å². The maximum absolute atomic E-state index is 11.7. The molecule has 0 aromatic rings. The fraction of sp³-hybridized carbons (Fsp3) is 0.900. The molecular weight excluding hydrogens is 180 g/mol. The summed E-state index contributed by atoms with van der Waals surface area (Å²) in [7, 11) is 0. The van der Waals surface area contributed by atoms with Gasteiger partial charge in [0.1, 0.15) is 0 Å². The van der Waals surface area contributed by atoms with Crippen molar-refractivity contribution in [3.63, 3.8) is 0 Å². The van der Waals surface area contributed by atoms with E-state index in [0.29, 0.717) is 19.5 Å². The van der Waals surface area contributed by atoms with Gasteiger partial charge in [-0.25, -0.2) is 0 Å². The number of carbonyl (C=O) groups excluding carboxylic acids is 1. The molecule has 0 bridgehead atoms. The zero-order chi connectivity index (χ0) is 10.9. The average molecular weight is 200 g/mol. The van der Waals surface area contributed by atoms with Crippen LogP contribution in [0, 0.1) is 5.92 Å². The van der Waals surface area contributed by atoms with Gasteiger partial charge in [0.05, 0.1) is 24.6 Å². The number of nitrogens with two attached hydrogens (primary N) is 1. The Balaban J connectivity index is 2.44. The molecule has 1 amide bonds. The summed E-state index contributed by atoms with van der Waals surface area (Å²) < 4.78 is 0. The van der Waals surface area contributed by atoms with Gasteiger partial charge in [0, 0.05) is 6.04 Å². The Morgan fingerprint density at radius 3 is 2.43 bits per heavy atom. The van der Waals surface area contributed by atoms with Crippen LogP contribution in [0.3, 0.4) is 0 Å². The van der Waals surface area contributed by atoms with Crippen LogP contribution in [0.1, 0.15) is 27.2 Å². The normalized spacial score (nSPS) is 23.9. The third kappa shape index (κ3) is 2.07. The summed E-state index contributed by atoms with van der Waals surface area (Å²) in [6, 6.07) is -0.127. The third-order valence-electron chi connectivity index (χ3n) is 3.12. The Kier molecular flexibility index (Phi) is 3.17. The van der Waals surface area contributed by atoms with Gasteiger partial charge in [-0.15, -0.1) is 0 Å². The minimum Gasteiger partial charge on any atom is -0.386 e. The van der Waals surface area contributed by atoms with Crippen LogP contribution in [0.4, 0.5) is 0 Å². The smallest absolute Gasteiger partial charge is 0.227 e. The molecule has 1 fully saturated rings. The molecule has 3 N–H and O–H groups in total. The minimum atomic E-state index is -0.646. The van der Waals surface area contributed by atoms with E-state index in [1.807, 2.05) is 20.8 Å². The fourth-order valence-electron chi connectivity index (χ4n) is 1.56. The predicted molar refractivity (Wildman–Crippen MR) is 54.6 cm³/mol. The van der Waals surface area contributed by atoms with Crippen molar-refractivity contribution in [2.24, 2.45) is 11.7 Å². The largest absolute Gasteiger partial charge is 0.386 e. The van der Waals surface area contributed by atoms with Crippen molar-refractivity contribution in [2.45, 2.75) is 38.8 Å². The molecule has 4 heteroatoms. The molecule has 14 heavy (non-hydrogen) atoms. The van der Waals surface area contributed by atoms with Crippen LogP contribution in [0.15, 0.2) is 0 Å². The summed E-state index contributed by atoms with van der Waals surface area (Å²) in [6.45, 7) is 6.50. The number of nitrogens with zero attached hydrogens (tertiary/aromatic N) is 1. The van der Waals surface area contributed by atoms with E-state index >= 15 is 0 Å². The Bertz CT molecular complexity index is 222. The second-order valence-electron chi connectivity index (χ2n) is 4.42. The molecule has 2 atom stereocenters. The van der Waals surface area contributed by atoms with Crippen LogP contribution in [0.25, 0.3) is 0 Å². The van der Waals surface area contributed by atoms with Gasteiger partial charge in [-0.05, 0) is 13.3 Å². The Morgan fingerprint density at radius 1 is 1.57 bits per heavy atom. The molecule has 82 valence electrons. The van der Waals surface area contributed by atoms with Crippen molar-refractivity contribution >= 4 is 5.91 Å². The van der Waals surface area contributed by atoms with Gasteiger partial charge in [0.25, 0.3) is 0 Å². The molecule has 0 aliphatic carbocycles. The summed E-state index contributed by atoms with van der Waals surface area (Å²) in [6.07, 6.45) is 0.698. The third-order valence-corrected chi connectivity index (χ3v) is 3.12. The number of rotatable bonds is 3. The van der Waals surface area contributed by atoms with Crippen LogP contribution < -0.4 is 5.73 Å². The van der Waals surface area contributed by atoms with Crippen LogP contribution >= 0.6 is 0 Å². The topological polar surface area (TPSA) is 66.6 Å². The number of amides is 1. The monoisotopic (exact) mass is 200 g/mol. The van der Waals surface area contributed by atoms with Crippen molar-refractivity contribution < 1.29 is 9.90 Å². The van der Waals surface area contributed by atoms with Crippen molar-refractivity contribution in [1.82, 2.24) is 4.90 Å². The molecule has 1 heterocycles. The Morgan fingerprint density at radius 2 is 2.07 bits per heavy atom. The quantitative estimate of drug-likeness (QED) is 0.671. The van der Waals surface area contributed by atoms with Crippen molar-refractivity contribution in [3.8, 4) is 0 Å². The van der Waals surface area contributed by atoms with Gasteiger partial charge in [-0.1, -0.05) is 13.8 Å². The van der Waals surface area contributed by atoms with Gasteiger partial charge in [0.15, 0.2) is 0 Å². The summed E-state index contributed by atoms with van der Waals surface area (Å²) >= 11 is 0. The second kappa shape index (κ2) is 3.87. The molecule has 1 aliphatic heterocycles. The maximum atomic E-state index is 11.7. The number of hydrogen-bond acceptors (Lipinski definition) is 3. The predicted octanol–water partition coefficient (Wildman–Crippen LogP) is -0.0470. The van der Waals surface area contributed by atoms with Crippen molar-refractivity contribution in [2.75, 3.05) is 13.1 Å². The zero-order valence-electron chi connectivity index (χ0n) is 9.16. The fourth-order valence-corrected chi connectivity index (χ4v) is 1.56. The van der Waals surface area contributed by atoms with Gasteiger partial charge < -0.3 is 15.7 Å². The lowest BCUT2D eigenvalue weighted by atomic mass is 9.89. The first-order valence-corrected chi connectivity index (χ1v) is 5.16. The number of carbonyl (C=O) groups is 1. The van der Waals surface area contributed by atoms with E-state index in [0.717, 1.165) is 0 Å². The molecular formula is C10H20N2O2. The summed E-state index contributed by atoms with van der Waals surface area (Å²) in [5, 5.41) is 9.73. The van der Waals surface area contributed by atoms with Crippen LogP contribution in [-0.2, 0) is 4.79 Å². The van der Waals surface area contributed by atoms with E-state index in [-0.39, 0.29) is 17.9 Å². The second-order valence-corrected chi connectivity index (χ2v) is 4.42. The number of hydrogen-bond donors (Lipinski definition) is 2. The zero-order valence-corrected chi connectivity index (χ0v) is 9.16. The molecule has 0 aromatic carbocycles. The van der Waals surface area contributed by atoms with E-state index in [1.165, 1.54) is 0 Å². The average Bonchev–Trinajstić information content (AvgIpc) is 2.10. The first-order valence-electron chi connectivity index (χ1n) is 5.16. The van der Waals surface area contributed by atoms with Crippen LogP contribution in [0.2, 0.25) is 0 Å². The van der Waals surface area contributed by atoms with E-state index in [2.05, 4.69) is 0 Å². The molecule has 0 spiro atoms. The molecule has 0 aromatic heterocycles. The summed E-state index contributed by atoms with van der Waals surface area (Å²) in [5.74, 6) is -0.102. The minimum absolute atomic E-state index is 0.0538. The van der Waals surface area contributed by atoms with E-state index in [1.54, 1.807) is 4.90 Å². The summed E-state index contributed by atoms with van der Waals surface area (Å²) in [4.78, 5) is 13.4. The lowest BCUT2D eigenvalue weighted by molar-refractivity contribution is -0.159. The van der Waals surface area contributed by atoms with E-state index < -0.39 is 5.60 Å². The van der Waals surface area contributed by atoms with Crippen LogP contribution in [0.5, 0.6) is 0 Å². The van der Waals surface area contributed by atoms with Crippen molar-refractivity contribution in [1.29, 1.82) is 0 Å².